The summed E-state index contributed by atoms with van der Waals surface area (Å²) in [5.41, 5.74) is 1.88. The number of anilines is 1. The first kappa shape index (κ1) is 16.7. The fraction of sp³-hybridized carbons (Fsp3) is 0.611. The Labute approximate surface area is 143 Å². The molecule has 0 aromatic heterocycles. The third-order valence-electron chi connectivity index (χ3n) is 3.99. The van der Waals surface area contributed by atoms with Crippen LogP contribution >= 0.6 is 0 Å². The van der Waals surface area contributed by atoms with E-state index in [0.717, 1.165) is 30.2 Å². The number of ether oxygens (including phenoxy) is 3. The zero-order valence-electron chi connectivity index (χ0n) is 14.8. The van der Waals surface area contributed by atoms with Crippen LogP contribution in [0.3, 0.4) is 0 Å². The topological polar surface area (TPSA) is 60.0 Å². The van der Waals surface area contributed by atoms with E-state index in [1.807, 2.05) is 33.8 Å². The van der Waals surface area contributed by atoms with Gasteiger partial charge in [-0.25, -0.2) is 4.79 Å². The van der Waals surface area contributed by atoms with E-state index in [2.05, 4.69) is 16.3 Å². The lowest BCUT2D eigenvalue weighted by molar-refractivity contribution is 0.0510. The molecule has 1 amide bonds. The first-order valence-electron chi connectivity index (χ1n) is 8.49. The Morgan fingerprint density at radius 1 is 1.33 bits per heavy atom. The van der Waals surface area contributed by atoms with Crippen molar-refractivity contribution < 1.29 is 19.0 Å². The molecule has 6 nitrogen and oxygen atoms in total. The van der Waals surface area contributed by atoms with Crippen molar-refractivity contribution in [2.24, 2.45) is 0 Å². The van der Waals surface area contributed by atoms with Crippen molar-refractivity contribution in [3.05, 3.63) is 17.7 Å². The summed E-state index contributed by atoms with van der Waals surface area (Å²) in [4.78, 5) is 14.2. The molecule has 6 heteroatoms. The zero-order valence-corrected chi connectivity index (χ0v) is 14.8. The van der Waals surface area contributed by atoms with Gasteiger partial charge in [-0.15, -0.1) is 0 Å². The molecule has 2 aliphatic heterocycles. The largest absolute Gasteiger partial charge is 0.486 e. The Hall–Kier alpha value is -2.11. The average molecular weight is 334 g/mol. The van der Waals surface area contributed by atoms with Gasteiger partial charge in [-0.1, -0.05) is 6.07 Å². The fourth-order valence-electron chi connectivity index (χ4n) is 3.13. The molecule has 0 aliphatic carbocycles. The van der Waals surface area contributed by atoms with Crippen LogP contribution < -0.4 is 19.7 Å². The van der Waals surface area contributed by atoms with Crippen molar-refractivity contribution in [3.8, 4) is 11.5 Å². The van der Waals surface area contributed by atoms with E-state index in [-0.39, 0.29) is 12.1 Å². The summed E-state index contributed by atoms with van der Waals surface area (Å²) < 4.78 is 16.8. The predicted molar refractivity (Wildman–Crippen MR) is 92.2 cm³/mol. The van der Waals surface area contributed by atoms with Gasteiger partial charge in [-0.05, 0) is 45.7 Å². The van der Waals surface area contributed by atoms with Crippen LogP contribution in [-0.4, -0.2) is 44.0 Å². The van der Waals surface area contributed by atoms with E-state index in [0.29, 0.717) is 19.8 Å². The molecule has 132 valence electrons. The van der Waals surface area contributed by atoms with Crippen LogP contribution in [0.4, 0.5) is 10.5 Å². The molecule has 1 aromatic rings. The van der Waals surface area contributed by atoms with Crippen LogP contribution in [0, 0.1) is 0 Å². The number of fused-ring (bicyclic) bond motifs is 3. The van der Waals surface area contributed by atoms with E-state index in [1.165, 1.54) is 5.56 Å². The number of rotatable bonds is 3. The second-order valence-electron chi connectivity index (χ2n) is 7.34. The van der Waals surface area contributed by atoms with Gasteiger partial charge in [0.25, 0.3) is 0 Å². The maximum absolute atomic E-state index is 11.9. The van der Waals surface area contributed by atoms with Gasteiger partial charge >= 0.3 is 6.09 Å². The molecular formula is C18H26N2O4. The molecule has 0 radical (unpaired) electrons. The van der Waals surface area contributed by atoms with E-state index < -0.39 is 5.60 Å². The summed E-state index contributed by atoms with van der Waals surface area (Å²) in [6, 6.07) is 4.06. The van der Waals surface area contributed by atoms with Gasteiger partial charge in [-0.3, -0.25) is 0 Å². The highest BCUT2D eigenvalue weighted by Crippen LogP contribution is 2.45. The smallest absolute Gasteiger partial charge is 0.407 e. The minimum absolute atomic E-state index is 0.0360. The molecule has 1 aromatic carbocycles. The van der Waals surface area contributed by atoms with Gasteiger partial charge in [0, 0.05) is 19.1 Å². The highest BCUT2D eigenvalue weighted by atomic mass is 16.6. The first-order chi connectivity index (χ1) is 11.3. The Morgan fingerprint density at radius 3 is 2.83 bits per heavy atom. The van der Waals surface area contributed by atoms with Gasteiger partial charge in [0.1, 0.15) is 18.8 Å². The number of nitrogens with zero attached hydrogens (tertiary/aromatic N) is 1. The molecule has 0 saturated carbocycles. The van der Waals surface area contributed by atoms with Crippen LogP contribution in [0.2, 0.25) is 0 Å². The molecule has 0 unspecified atom stereocenters. The molecule has 0 spiro atoms. The standard InChI is InChI=1S/C18H26N2O4/c1-12(19-17(21)24-18(2,3)4)11-20-8-7-13-5-6-14-16(15(13)20)23-10-9-22-14/h5-6,12H,7-11H2,1-4H3,(H,19,21)/t12-/m0/s1. The first-order valence-corrected chi connectivity index (χ1v) is 8.49. The van der Waals surface area contributed by atoms with Gasteiger partial charge in [-0.2, -0.15) is 0 Å². The van der Waals surface area contributed by atoms with Crippen LogP contribution in [0.15, 0.2) is 12.1 Å². The van der Waals surface area contributed by atoms with Gasteiger partial charge in [0.2, 0.25) is 0 Å². The Bertz CT molecular complexity index is 624. The minimum Gasteiger partial charge on any atom is -0.486 e. The minimum atomic E-state index is -0.492. The van der Waals surface area contributed by atoms with Crippen molar-refractivity contribution in [1.82, 2.24) is 5.32 Å². The number of carbonyl (C=O) groups excluding carboxylic acids is 1. The number of hydrogen-bond acceptors (Lipinski definition) is 5. The number of hydrogen-bond donors (Lipinski definition) is 1. The fourth-order valence-corrected chi connectivity index (χ4v) is 3.13. The molecule has 2 aliphatic rings. The van der Waals surface area contributed by atoms with E-state index >= 15 is 0 Å². The lowest BCUT2D eigenvalue weighted by atomic mass is 10.1. The molecule has 1 N–H and O–H groups in total. The third-order valence-corrected chi connectivity index (χ3v) is 3.99. The summed E-state index contributed by atoms with van der Waals surface area (Å²) in [6.45, 7) is 10.3. The van der Waals surface area contributed by atoms with Gasteiger partial charge < -0.3 is 24.4 Å². The van der Waals surface area contributed by atoms with Gasteiger partial charge in [0.15, 0.2) is 11.5 Å². The number of alkyl carbamates (subject to hydrolysis) is 1. The quantitative estimate of drug-likeness (QED) is 0.921. The van der Waals surface area contributed by atoms with Crippen LogP contribution in [0.25, 0.3) is 0 Å². The van der Waals surface area contributed by atoms with E-state index in [4.69, 9.17) is 14.2 Å². The molecular weight excluding hydrogens is 308 g/mol. The van der Waals surface area contributed by atoms with Crippen molar-refractivity contribution >= 4 is 11.8 Å². The number of carbonyl (C=O) groups is 1. The lowest BCUT2D eigenvalue weighted by Crippen LogP contribution is -2.43. The van der Waals surface area contributed by atoms with Crippen molar-refractivity contribution in [2.75, 3.05) is 31.2 Å². The van der Waals surface area contributed by atoms with E-state index in [1.54, 1.807) is 0 Å². The zero-order chi connectivity index (χ0) is 17.3. The van der Waals surface area contributed by atoms with Crippen molar-refractivity contribution in [1.29, 1.82) is 0 Å². The molecule has 1 atom stereocenters. The van der Waals surface area contributed by atoms with Crippen LogP contribution in [0.5, 0.6) is 11.5 Å². The summed E-state index contributed by atoms with van der Waals surface area (Å²) in [6.07, 6.45) is 0.592. The Balaban J connectivity index is 1.67. The highest BCUT2D eigenvalue weighted by molar-refractivity contribution is 5.72. The summed E-state index contributed by atoms with van der Waals surface area (Å²) >= 11 is 0. The number of nitrogens with one attached hydrogen (secondary N) is 1. The maximum Gasteiger partial charge on any atom is 0.407 e. The summed E-state index contributed by atoms with van der Waals surface area (Å²) in [5, 5.41) is 2.90. The molecule has 2 heterocycles. The third kappa shape index (κ3) is 3.68. The van der Waals surface area contributed by atoms with Crippen molar-refractivity contribution in [2.45, 2.75) is 45.8 Å². The average Bonchev–Trinajstić information content (AvgIpc) is 2.88. The number of benzene rings is 1. The molecule has 3 rings (SSSR count). The predicted octanol–water partition coefficient (Wildman–Crippen LogP) is 2.73. The molecule has 24 heavy (non-hydrogen) atoms. The monoisotopic (exact) mass is 334 g/mol. The SMILES string of the molecule is C[C@@H](CN1CCc2ccc3c(c21)OCCO3)NC(=O)OC(C)(C)C. The van der Waals surface area contributed by atoms with Crippen LogP contribution in [-0.2, 0) is 11.2 Å². The normalized spacial score (nSPS) is 17.2. The number of amides is 1. The summed E-state index contributed by atoms with van der Waals surface area (Å²) in [7, 11) is 0. The Morgan fingerprint density at radius 2 is 2.08 bits per heavy atom. The van der Waals surface area contributed by atoms with E-state index in [9.17, 15) is 4.79 Å². The van der Waals surface area contributed by atoms with Gasteiger partial charge in [0.05, 0.1) is 5.69 Å². The maximum atomic E-state index is 11.9. The van der Waals surface area contributed by atoms with Crippen molar-refractivity contribution in [3.63, 3.8) is 0 Å². The lowest BCUT2D eigenvalue weighted by Gasteiger charge is -2.29. The molecule has 0 fully saturated rings. The molecule has 0 saturated heterocycles. The molecule has 0 bridgehead atoms. The second-order valence-corrected chi connectivity index (χ2v) is 7.34. The summed E-state index contributed by atoms with van der Waals surface area (Å²) in [5.74, 6) is 1.64. The van der Waals surface area contributed by atoms with Crippen LogP contribution in [0.1, 0.15) is 33.3 Å². The second kappa shape index (κ2) is 6.42. The Kier molecular flexibility index (Phi) is 4.47. The highest BCUT2D eigenvalue weighted by Gasteiger charge is 2.29.